The maximum Gasteiger partial charge on any atom is 0.337 e. The molecule has 1 aromatic carbocycles. The highest BCUT2D eigenvalue weighted by Crippen LogP contribution is 2.34. The number of carbonyl (C=O) groups is 1. The van der Waals surface area contributed by atoms with Crippen molar-refractivity contribution < 1.29 is 14.3 Å². The molecule has 1 atom stereocenters. The topological polar surface area (TPSA) is 77.5 Å². The molecule has 0 saturated carbocycles. The molecule has 0 spiro atoms. The predicted octanol–water partition coefficient (Wildman–Crippen LogP) is 2.76. The number of aromatic carboxylic acids is 1. The molecule has 0 aliphatic carbocycles. The highest BCUT2D eigenvalue weighted by molar-refractivity contribution is 5.94. The zero-order valence-electron chi connectivity index (χ0n) is 12.6. The molecule has 1 aliphatic heterocycles. The molecule has 2 heterocycles. The molecule has 0 radical (unpaired) electrons. The van der Waals surface area contributed by atoms with Crippen LogP contribution < -0.4 is 15.8 Å². The Kier molecular flexibility index (Phi) is 4.12. The van der Waals surface area contributed by atoms with Crippen LogP contribution in [-0.4, -0.2) is 22.6 Å². The molecule has 0 fully saturated rings. The van der Waals surface area contributed by atoms with E-state index in [0.29, 0.717) is 5.69 Å². The third-order valence-corrected chi connectivity index (χ3v) is 3.67. The second-order valence-electron chi connectivity index (χ2n) is 5.29. The molecule has 23 heavy (non-hydrogen) atoms. The number of benzene rings is 1. The lowest BCUT2D eigenvalue weighted by atomic mass is 10.1. The minimum Gasteiger partial charge on any atom is -0.478 e. The number of hydrazine groups is 1. The summed E-state index contributed by atoms with van der Waals surface area (Å²) in [6.07, 6.45) is 3.37. The van der Waals surface area contributed by atoms with Crippen molar-refractivity contribution in [2.24, 2.45) is 0 Å². The van der Waals surface area contributed by atoms with E-state index in [0.717, 1.165) is 24.2 Å². The fourth-order valence-corrected chi connectivity index (χ4v) is 2.67. The average Bonchev–Trinajstić information content (AvgIpc) is 2.85. The Morgan fingerprint density at radius 3 is 3.04 bits per heavy atom. The van der Waals surface area contributed by atoms with Crippen molar-refractivity contribution in [3.63, 3.8) is 0 Å². The van der Waals surface area contributed by atoms with E-state index in [1.807, 2.05) is 5.01 Å². The summed E-state index contributed by atoms with van der Waals surface area (Å²) in [5, 5.41) is 14.3. The molecule has 0 bridgehead atoms. The summed E-state index contributed by atoms with van der Waals surface area (Å²) in [6, 6.07) is 6.01. The molecule has 2 aromatic rings. The maximum absolute atomic E-state index is 13.6. The van der Waals surface area contributed by atoms with E-state index in [2.05, 4.69) is 22.7 Å². The SMILES string of the molecule is CCCN1NC(Nc2cnccc2C(=O)O)c2cc(F)ccc21. The quantitative estimate of drug-likeness (QED) is 0.787. The number of rotatable bonds is 5. The first-order chi connectivity index (χ1) is 11.1. The van der Waals surface area contributed by atoms with Gasteiger partial charge in [-0.25, -0.2) is 14.6 Å². The van der Waals surface area contributed by atoms with E-state index in [-0.39, 0.29) is 11.4 Å². The van der Waals surface area contributed by atoms with Crippen LogP contribution >= 0.6 is 0 Å². The molecule has 1 unspecified atom stereocenters. The van der Waals surface area contributed by atoms with Crippen molar-refractivity contribution in [1.82, 2.24) is 10.4 Å². The number of hydrogen-bond acceptors (Lipinski definition) is 5. The first kappa shape index (κ1) is 15.2. The van der Waals surface area contributed by atoms with E-state index in [9.17, 15) is 14.3 Å². The number of nitrogens with one attached hydrogen (secondary N) is 2. The van der Waals surface area contributed by atoms with Gasteiger partial charge in [0, 0.05) is 18.3 Å². The van der Waals surface area contributed by atoms with Gasteiger partial charge in [-0.15, -0.1) is 0 Å². The van der Waals surface area contributed by atoms with Gasteiger partial charge in [0.25, 0.3) is 0 Å². The minimum atomic E-state index is -1.04. The van der Waals surface area contributed by atoms with Crippen molar-refractivity contribution >= 4 is 17.3 Å². The van der Waals surface area contributed by atoms with E-state index >= 15 is 0 Å². The van der Waals surface area contributed by atoms with Crippen LogP contribution in [0.1, 0.15) is 35.4 Å². The summed E-state index contributed by atoms with van der Waals surface area (Å²) in [6.45, 7) is 2.81. The first-order valence-electron chi connectivity index (χ1n) is 7.37. The molecule has 6 nitrogen and oxygen atoms in total. The number of nitrogens with zero attached hydrogens (tertiary/aromatic N) is 2. The molecule has 0 saturated heterocycles. The Bertz CT molecular complexity index is 738. The number of hydrogen-bond donors (Lipinski definition) is 3. The van der Waals surface area contributed by atoms with Gasteiger partial charge in [-0.2, -0.15) is 0 Å². The second-order valence-corrected chi connectivity index (χ2v) is 5.29. The molecule has 3 rings (SSSR count). The Labute approximate surface area is 132 Å². The smallest absolute Gasteiger partial charge is 0.337 e. The van der Waals surface area contributed by atoms with Gasteiger partial charge in [0.05, 0.1) is 23.1 Å². The molecule has 1 aliphatic rings. The molecule has 120 valence electrons. The third kappa shape index (κ3) is 2.95. The van der Waals surface area contributed by atoms with Crippen molar-refractivity contribution in [2.45, 2.75) is 19.5 Å². The standard InChI is InChI=1S/C16H17FN4O2/c1-2-7-21-14-4-3-10(17)8-12(14)15(20-21)19-13-9-18-6-5-11(13)16(22)23/h3-6,8-9,15,19-20H,2,7H2,1H3,(H,22,23). The third-order valence-electron chi connectivity index (χ3n) is 3.67. The van der Waals surface area contributed by atoms with E-state index < -0.39 is 12.1 Å². The maximum atomic E-state index is 13.6. The van der Waals surface area contributed by atoms with Crippen molar-refractivity contribution in [3.05, 3.63) is 53.6 Å². The predicted molar refractivity (Wildman–Crippen MR) is 84.7 cm³/mol. The van der Waals surface area contributed by atoms with Gasteiger partial charge in [0.15, 0.2) is 0 Å². The van der Waals surface area contributed by atoms with Crippen LogP contribution in [0.2, 0.25) is 0 Å². The van der Waals surface area contributed by atoms with Crippen molar-refractivity contribution in [1.29, 1.82) is 0 Å². The van der Waals surface area contributed by atoms with Crippen LogP contribution in [0, 0.1) is 5.82 Å². The van der Waals surface area contributed by atoms with Crippen LogP contribution in [0.3, 0.4) is 0 Å². The monoisotopic (exact) mass is 316 g/mol. The molecule has 3 N–H and O–H groups in total. The number of carboxylic acids is 1. The van der Waals surface area contributed by atoms with Gasteiger partial charge in [0.2, 0.25) is 0 Å². The van der Waals surface area contributed by atoms with Gasteiger partial charge < -0.3 is 15.4 Å². The summed E-state index contributed by atoms with van der Waals surface area (Å²) in [5.74, 6) is -1.38. The molecular weight excluding hydrogens is 299 g/mol. The number of halogens is 1. The lowest BCUT2D eigenvalue weighted by molar-refractivity contribution is 0.0697. The van der Waals surface area contributed by atoms with Crippen LogP contribution in [-0.2, 0) is 0 Å². The normalized spacial score (nSPS) is 16.3. The second kappa shape index (κ2) is 6.21. The summed E-state index contributed by atoms with van der Waals surface area (Å²) >= 11 is 0. The highest BCUT2D eigenvalue weighted by atomic mass is 19.1. The Hall–Kier alpha value is -2.67. The molecule has 1 aromatic heterocycles. The number of pyridine rings is 1. The van der Waals surface area contributed by atoms with Gasteiger partial charge in [-0.05, 0) is 30.7 Å². The molecular formula is C16H17FN4O2. The van der Waals surface area contributed by atoms with Crippen molar-refractivity contribution in [3.8, 4) is 0 Å². The summed E-state index contributed by atoms with van der Waals surface area (Å²) in [7, 11) is 0. The van der Waals surface area contributed by atoms with E-state index in [1.54, 1.807) is 6.07 Å². The van der Waals surface area contributed by atoms with Gasteiger partial charge in [0.1, 0.15) is 12.0 Å². The fourth-order valence-electron chi connectivity index (χ4n) is 2.67. The fraction of sp³-hybridized carbons (Fsp3) is 0.250. The van der Waals surface area contributed by atoms with E-state index in [4.69, 9.17) is 0 Å². The summed E-state index contributed by atoms with van der Waals surface area (Å²) in [4.78, 5) is 15.3. The molecule has 0 amide bonds. The minimum absolute atomic E-state index is 0.119. The van der Waals surface area contributed by atoms with Gasteiger partial charge >= 0.3 is 5.97 Å². The first-order valence-corrected chi connectivity index (χ1v) is 7.37. The number of carboxylic acid groups (broad SMARTS) is 1. The number of aromatic nitrogens is 1. The van der Waals surface area contributed by atoms with Gasteiger partial charge in [-0.1, -0.05) is 6.92 Å². The zero-order valence-corrected chi connectivity index (χ0v) is 12.6. The van der Waals surface area contributed by atoms with Crippen LogP contribution in [0.5, 0.6) is 0 Å². The lowest BCUT2D eigenvalue weighted by Crippen LogP contribution is -2.37. The molecule has 7 heteroatoms. The van der Waals surface area contributed by atoms with Crippen LogP contribution in [0.25, 0.3) is 0 Å². The Morgan fingerprint density at radius 1 is 1.48 bits per heavy atom. The number of anilines is 2. The average molecular weight is 316 g/mol. The highest BCUT2D eigenvalue weighted by Gasteiger charge is 2.29. The zero-order chi connectivity index (χ0) is 16.4. The number of fused-ring (bicyclic) bond motifs is 1. The van der Waals surface area contributed by atoms with Crippen molar-refractivity contribution in [2.75, 3.05) is 16.9 Å². The van der Waals surface area contributed by atoms with Crippen LogP contribution in [0.4, 0.5) is 15.8 Å². The van der Waals surface area contributed by atoms with E-state index in [1.165, 1.54) is 30.6 Å². The summed E-state index contributed by atoms with van der Waals surface area (Å²) in [5.41, 5.74) is 5.35. The summed E-state index contributed by atoms with van der Waals surface area (Å²) < 4.78 is 13.6. The van der Waals surface area contributed by atoms with Gasteiger partial charge in [-0.3, -0.25) is 4.98 Å². The lowest BCUT2D eigenvalue weighted by Gasteiger charge is -2.21. The Balaban J connectivity index is 1.93. The largest absolute Gasteiger partial charge is 0.478 e. The van der Waals surface area contributed by atoms with Crippen LogP contribution in [0.15, 0.2) is 36.7 Å². The Morgan fingerprint density at radius 2 is 2.30 bits per heavy atom.